The summed E-state index contributed by atoms with van der Waals surface area (Å²) < 4.78 is 18.7. The fourth-order valence-corrected chi connectivity index (χ4v) is 3.97. The molecule has 0 unspecified atom stereocenters. The standard InChI is InChI=1S/C25H25FN2O2/c26-23-7-3-20(4-8-23)18-28-24(29)25(11-15-30-16-12-25)17-19-1-5-21(6-2-19)22-9-13-27-14-10-22/h1-10,13-14H,11-12,15-18H2,(H,28,29). The Morgan fingerprint density at radius 3 is 2.17 bits per heavy atom. The second-order valence-corrected chi connectivity index (χ2v) is 7.81. The van der Waals surface area contributed by atoms with E-state index in [4.69, 9.17) is 4.74 Å². The lowest BCUT2D eigenvalue weighted by Crippen LogP contribution is -2.45. The lowest BCUT2D eigenvalue weighted by atomic mass is 9.74. The molecular formula is C25H25FN2O2. The first-order valence-corrected chi connectivity index (χ1v) is 10.2. The zero-order chi connectivity index (χ0) is 20.8. The highest BCUT2D eigenvalue weighted by Crippen LogP contribution is 2.35. The molecule has 30 heavy (non-hydrogen) atoms. The summed E-state index contributed by atoms with van der Waals surface area (Å²) in [5, 5.41) is 3.06. The van der Waals surface area contributed by atoms with Gasteiger partial charge in [-0.1, -0.05) is 36.4 Å². The molecule has 154 valence electrons. The van der Waals surface area contributed by atoms with Crippen molar-refractivity contribution in [2.75, 3.05) is 13.2 Å². The van der Waals surface area contributed by atoms with Gasteiger partial charge >= 0.3 is 0 Å². The van der Waals surface area contributed by atoms with Crippen molar-refractivity contribution in [3.8, 4) is 11.1 Å². The molecule has 1 aliphatic heterocycles. The summed E-state index contributed by atoms with van der Waals surface area (Å²) >= 11 is 0. The van der Waals surface area contributed by atoms with Gasteiger partial charge in [0.15, 0.2) is 0 Å². The smallest absolute Gasteiger partial charge is 0.226 e. The van der Waals surface area contributed by atoms with Crippen molar-refractivity contribution in [2.24, 2.45) is 5.41 Å². The van der Waals surface area contributed by atoms with Crippen molar-refractivity contribution < 1.29 is 13.9 Å². The first kappa shape index (κ1) is 20.2. The van der Waals surface area contributed by atoms with Gasteiger partial charge in [0.1, 0.15) is 5.82 Å². The highest BCUT2D eigenvalue weighted by atomic mass is 19.1. The number of halogens is 1. The summed E-state index contributed by atoms with van der Waals surface area (Å²) in [6.45, 7) is 1.56. The van der Waals surface area contributed by atoms with Gasteiger partial charge in [-0.2, -0.15) is 0 Å². The highest BCUT2D eigenvalue weighted by molar-refractivity contribution is 5.83. The van der Waals surface area contributed by atoms with Crippen molar-refractivity contribution in [2.45, 2.75) is 25.8 Å². The SMILES string of the molecule is O=C(NCc1ccc(F)cc1)C1(Cc2ccc(-c3ccncc3)cc2)CCOCC1. The normalized spacial score (nSPS) is 15.5. The van der Waals surface area contributed by atoms with E-state index in [1.54, 1.807) is 24.5 Å². The number of benzene rings is 2. The lowest BCUT2D eigenvalue weighted by molar-refractivity contribution is -0.136. The van der Waals surface area contributed by atoms with E-state index in [0.29, 0.717) is 39.0 Å². The number of nitrogens with one attached hydrogen (secondary N) is 1. The van der Waals surface area contributed by atoms with E-state index in [1.807, 2.05) is 12.1 Å². The van der Waals surface area contributed by atoms with Gasteiger partial charge in [-0.05, 0) is 65.8 Å². The van der Waals surface area contributed by atoms with Gasteiger partial charge < -0.3 is 10.1 Å². The van der Waals surface area contributed by atoms with E-state index in [1.165, 1.54) is 12.1 Å². The molecule has 1 aliphatic rings. The van der Waals surface area contributed by atoms with Crippen molar-refractivity contribution in [3.63, 3.8) is 0 Å². The largest absolute Gasteiger partial charge is 0.381 e. The minimum absolute atomic E-state index is 0.0355. The number of hydrogen-bond donors (Lipinski definition) is 1. The Hall–Kier alpha value is -3.05. The molecule has 0 spiro atoms. The molecule has 1 amide bonds. The topological polar surface area (TPSA) is 51.2 Å². The number of rotatable bonds is 6. The van der Waals surface area contributed by atoms with Crippen LogP contribution in [0.1, 0.15) is 24.0 Å². The Bertz CT molecular complexity index is 966. The molecular weight excluding hydrogens is 379 g/mol. The fraction of sp³-hybridized carbons (Fsp3) is 0.280. The molecule has 1 aromatic heterocycles. The number of carbonyl (C=O) groups is 1. The number of amides is 1. The van der Waals surface area contributed by atoms with Gasteiger partial charge in [0.25, 0.3) is 0 Å². The molecule has 2 aromatic carbocycles. The Kier molecular flexibility index (Phi) is 6.19. The molecule has 4 rings (SSSR count). The van der Waals surface area contributed by atoms with Gasteiger partial charge in [-0.15, -0.1) is 0 Å². The summed E-state index contributed by atoms with van der Waals surface area (Å²) in [5.41, 5.74) is 3.77. The Morgan fingerprint density at radius 2 is 1.50 bits per heavy atom. The maximum Gasteiger partial charge on any atom is 0.226 e. The van der Waals surface area contributed by atoms with E-state index < -0.39 is 5.41 Å². The Morgan fingerprint density at radius 1 is 0.900 bits per heavy atom. The van der Waals surface area contributed by atoms with Crippen LogP contribution < -0.4 is 5.32 Å². The molecule has 0 radical (unpaired) electrons. The molecule has 0 aliphatic carbocycles. The number of carbonyl (C=O) groups excluding carboxylic acids is 1. The zero-order valence-electron chi connectivity index (χ0n) is 16.8. The predicted molar refractivity (Wildman–Crippen MR) is 114 cm³/mol. The van der Waals surface area contributed by atoms with Crippen LogP contribution in [-0.2, 0) is 22.5 Å². The van der Waals surface area contributed by atoms with Gasteiger partial charge in [0, 0.05) is 32.2 Å². The maximum atomic E-state index is 13.2. The molecule has 4 nitrogen and oxygen atoms in total. The summed E-state index contributed by atoms with van der Waals surface area (Å²) in [6, 6.07) is 18.6. The Labute approximate surface area is 176 Å². The molecule has 3 aromatic rings. The first-order valence-electron chi connectivity index (χ1n) is 10.2. The first-order chi connectivity index (χ1) is 14.6. The van der Waals surface area contributed by atoms with Gasteiger partial charge in [-0.3, -0.25) is 9.78 Å². The maximum absolute atomic E-state index is 13.2. The third kappa shape index (κ3) is 4.74. The molecule has 0 atom stereocenters. The summed E-state index contributed by atoms with van der Waals surface area (Å²) in [7, 11) is 0. The van der Waals surface area contributed by atoms with Crippen LogP contribution in [0.4, 0.5) is 4.39 Å². The number of hydrogen-bond acceptors (Lipinski definition) is 3. The monoisotopic (exact) mass is 404 g/mol. The minimum Gasteiger partial charge on any atom is -0.381 e. The van der Waals surface area contributed by atoms with Gasteiger partial charge in [-0.25, -0.2) is 4.39 Å². The zero-order valence-corrected chi connectivity index (χ0v) is 16.8. The summed E-state index contributed by atoms with van der Waals surface area (Å²) in [4.78, 5) is 17.3. The van der Waals surface area contributed by atoms with Crippen molar-refractivity contribution in [3.05, 3.63) is 90.0 Å². The summed E-state index contributed by atoms with van der Waals surface area (Å²) in [6.07, 6.45) is 5.61. The average Bonchev–Trinajstić information content (AvgIpc) is 2.80. The van der Waals surface area contributed by atoms with E-state index in [-0.39, 0.29) is 11.7 Å². The average molecular weight is 404 g/mol. The molecule has 2 heterocycles. The van der Waals surface area contributed by atoms with Crippen LogP contribution in [0, 0.1) is 11.2 Å². The number of ether oxygens (including phenoxy) is 1. The number of pyridine rings is 1. The third-order valence-corrected chi connectivity index (χ3v) is 5.81. The van der Waals surface area contributed by atoms with Crippen LogP contribution in [0.15, 0.2) is 73.1 Å². The molecule has 1 saturated heterocycles. The third-order valence-electron chi connectivity index (χ3n) is 5.81. The Balaban J connectivity index is 1.47. The van der Waals surface area contributed by atoms with Crippen molar-refractivity contribution in [1.29, 1.82) is 0 Å². The van der Waals surface area contributed by atoms with E-state index >= 15 is 0 Å². The van der Waals surface area contributed by atoms with Crippen LogP contribution in [-0.4, -0.2) is 24.1 Å². The van der Waals surface area contributed by atoms with Gasteiger partial charge in [0.2, 0.25) is 5.91 Å². The van der Waals surface area contributed by atoms with E-state index in [2.05, 4.69) is 34.6 Å². The molecule has 1 N–H and O–H groups in total. The second-order valence-electron chi connectivity index (χ2n) is 7.81. The lowest BCUT2D eigenvalue weighted by Gasteiger charge is -2.36. The van der Waals surface area contributed by atoms with Gasteiger partial charge in [0.05, 0.1) is 5.41 Å². The predicted octanol–water partition coefficient (Wildman–Crippen LogP) is 4.54. The minimum atomic E-state index is -0.490. The number of nitrogens with zero attached hydrogens (tertiary/aromatic N) is 1. The van der Waals surface area contributed by atoms with Crippen molar-refractivity contribution >= 4 is 5.91 Å². The molecule has 0 saturated carbocycles. The van der Waals surface area contributed by atoms with Crippen LogP contribution >= 0.6 is 0 Å². The van der Waals surface area contributed by atoms with E-state index in [9.17, 15) is 9.18 Å². The quantitative estimate of drug-likeness (QED) is 0.656. The number of aromatic nitrogens is 1. The molecule has 0 bridgehead atoms. The van der Waals surface area contributed by atoms with Crippen LogP contribution in [0.2, 0.25) is 0 Å². The van der Waals surface area contributed by atoms with Crippen LogP contribution in [0.5, 0.6) is 0 Å². The fourth-order valence-electron chi connectivity index (χ4n) is 3.97. The highest BCUT2D eigenvalue weighted by Gasteiger charge is 2.39. The van der Waals surface area contributed by atoms with Crippen molar-refractivity contribution in [1.82, 2.24) is 10.3 Å². The van der Waals surface area contributed by atoms with Crippen LogP contribution in [0.25, 0.3) is 11.1 Å². The summed E-state index contributed by atoms with van der Waals surface area (Å²) in [5.74, 6) is -0.241. The molecule has 5 heteroatoms. The second kappa shape index (κ2) is 9.18. The van der Waals surface area contributed by atoms with Crippen LogP contribution in [0.3, 0.4) is 0 Å². The van der Waals surface area contributed by atoms with E-state index in [0.717, 1.165) is 22.3 Å². The molecule has 1 fully saturated rings.